The molecule has 1 amide bonds. The number of nitrogens with two attached hydrogens (primary N) is 1. The summed E-state index contributed by atoms with van der Waals surface area (Å²) < 4.78 is 11.6. The van der Waals surface area contributed by atoms with Crippen molar-refractivity contribution in [3.8, 4) is 11.5 Å². The van der Waals surface area contributed by atoms with Crippen LogP contribution in [0.2, 0.25) is 0 Å². The van der Waals surface area contributed by atoms with Gasteiger partial charge in [0.2, 0.25) is 5.91 Å². The van der Waals surface area contributed by atoms with E-state index in [0.717, 1.165) is 27.7 Å². The lowest BCUT2D eigenvalue weighted by Gasteiger charge is -2.34. The second-order valence-corrected chi connectivity index (χ2v) is 8.83. The van der Waals surface area contributed by atoms with Crippen LogP contribution in [0.1, 0.15) is 39.9 Å². The van der Waals surface area contributed by atoms with Crippen LogP contribution in [0, 0.1) is 19.8 Å². The van der Waals surface area contributed by atoms with E-state index < -0.39 is 0 Å². The third-order valence-electron chi connectivity index (χ3n) is 6.73. The first-order valence-electron chi connectivity index (χ1n) is 11.3. The number of primary amides is 1. The molecular formula is C26H27N3O4. The minimum atomic E-state index is -0.264. The molecule has 3 heterocycles. The van der Waals surface area contributed by atoms with Crippen LogP contribution >= 0.6 is 0 Å². The maximum absolute atomic E-state index is 13.7. The first kappa shape index (κ1) is 21.2. The lowest BCUT2D eigenvalue weighted by Crippen LogP contribution is -2.39. The normalized spacial score (nSPS) is 16.1. The van der Waals surface area contributed by atoms with Crippen molar-refractivity contribution in [2.75, 3.05) is 31.2 Å². The highest BCUT2D eigenvalue weighted by atomic mass is 16.6. The lowest BCUT2D eigenvalue weighted by molar-refractivity contribution is -0.122. The number of fused-ring (bicyclic) bond motifs is 2. The number of aromatic nitrogens is 1. The summed E-state index contributed by atoms with van der Waals surface area (Å²) in [6, 6.07) is 9.55. The second-order valence-electron chi connectivity index (χ2n) is 8.83. The highest BCUT2D eigenvalue weighted by Crippen LogP contribution is 2.40. The van der Waals surface area contributed by atoms with Crippen LogP contribution in [0.25, 0.3) is 10.9 Å². The smallest absolute Gasteiger partial charge is 0.220 e. The zero-order chi connectivity index (χ0) is 23.1. The number of anilines is 1. The Morgan fingerprint density at radius 3 is 2.36 bits per heavy atom. The molecule has 0 radical (unpaired) electrons. The Hall–Kier alpha value is -3.61. The molecule has 5 rings (SSSR count). The van der Waals surface area contributed by atoms with Crippen molar-refractivity contribution >= 4 is 28.3 Å². The van der Waals surface area contributed by atoms with Gasteiger partial charge in [-0.3, -0.25) is 14.6 Å². The predicted molar refractivity (Wildman–Crippen MR) is 126 cm³/mol. The van der Waals surface area contributed by atoms with Gasteiger partial charge in [0, 0.05) is 42.2 Å². The molecule has 2 aromatic carbocycles. The zero-order valence-electron chi connectivity index (χ0n) is 18.9. The molecule has 0 spiro atoms. The number of pyridine rings is 1. The highest BCUT2D eigenvalue weighted by molar-refractivity contribution is 6.16. The van der Waals surface area contributed by atoms with E-state index in [1.807, 2.05) is 44.2 Å². The molecule has 33 heavy (non-hydrogen) atoms. The summed E-state index contributed by atoms with van der Waals surface area (Å²) in [5.74, 6) is 0.833. The number of carbonyl (C=O) groups is 2. The number of hydrogen-bond acceptors (Lipinski definition) is 6. The van der Waals surface area contributed by atoms with E-state index in [-0.39, 0.29) is 17.6 Å². The molecule has 170 valence electrons. The number of rotatable bonds is 4. The maximum Gasteiger partial charge on any atom is 0.220 e. The Kier molecular flexibility index (Phi) is 5.40. The number of benzene rings is 2. The monoisotopic (exact) mass is 445 g/mol. The molecule has 2 aliphatic rings. The number of nitrogens with zero attached hydrogens (tertiary/aromatic N) is 2. The number of ketones is 1. The first-order valence-corrected chi connectivity index (χ1v) is 11.3. The topological polar surface area (TPSA) is 94.8 Å². The van der Waals surface area contributed by atoms with Crippen molar-refractivity contribution in [3.05, 3.63) is 58.8 Å². The van der Waals surface area contributed by atoms with Gasteiger partial charge in [-0.05, 0) is 49.9 Å². The summed E-state index contributed by atoms with van der Waals surface area (Å²) in [5.41, 5.74) is 10.5. The molecule has 0 atom stereocenters. The minimum absolute atomic E-state index is 0.0746. The van der Waals surface area contributed by atoms with Crippen LogP contribution in [0.5, 0.6) is 11.5 Å². The SMILES string of the molecule is Cc1ccc(C(=O)c2cnc3cc4c(cc3c2N2CCC(C(N)=O)CC2)OCCO4)cc1C. The molecule has 2 N–H and O–H groups in total. The molecule has 2 aliphatic heterocycles. The van der Waals surface area contributed by atoms with Crippen LogP contribution in [-0.2, 0) is 4.79 Å². The Balaban J connectivity index is 1.64. The van der Waals surface area contributed by atoms with Crippen molar-refractivity contribution in [2.24, 2.45) is 11.7 Å². The van der Waals surface area contributed by atoms with Gasteiger partial charge in [0.05, 0.1) is 16.8 Å². The molecule has 0 unspecified atom stereocenters. The molecule has 1 fully saturated rings. The third kappa shape index (κ3) is 3.88. The Bertz CT molecular complexity index is 1260. The van der Waals surface area contributed by atoms with Crippen LogP contribution < -0.4 is 20.1 Å². The maximum atomic E-state index is 13.7. The van der Waals surface area contributed by atoms with E-state index in [1.54, 1.807) is 6.20 Å². The minimum Gasteiger partial charge on any atom is -0.486 e. The van der Waals surface area contributed by atoms with E-state index in [2.05, 4.69) is 9.88 Å². The van der Waals surface area contributed by atoms with Crippen molar-refractivity contribution in [2.45, 2.75) is 26.7 Å². The summed E-state index contributed by atoms with van der Waals surface area (Å²) >= 11 is 0. The highest BCUT2D eigenvalue weighted by Gasteiger charge is 2.29. The van der Waals surface area contributed by atoms with Crippen molar-refractivity contribution in [1.82, 2.24) is 4.98 Å². The second kappa shape index (κ2) is 8.39. The number of carbonyl (C=O) groups excluding carboxylic acids is 2. The molecular weight excluding hydrogens is 418 g/mol. The van der Waals surface area contributed by atoms with E-state index in [9.17, 15) is 9.59 Å². The van der Waals surface area contributed by atoms with Crippen LogP contribution in [-0.4, -0.2) is 43.0 Å². The van der Waals surface area contributed by atoms with Crippen molar-refractivity contribution < 1.29 is 19.1 Å². The standard InChI is InChI=1S/C26H27N3O4/c1-15-3-4-18(11-16(15)2)25(30)20-14-28-21-13-23-22(32-9-10-33-23)12-19(21)24(20)29-7-5-17(6-8-29)26(27)31/h3-4,11-14,17H,5-10H2,1-2H3,(H2,27,31). The van der Waals surface area contributed by atoms with Gasteiger partial charge in [-0.1, -0.05) is 12.1 Å². The fraction of sp³-hybridized carbons (Fsp3) is 0.346. The quantitative estimate of drug-likeness (QED) is 0.617. The van der Waals surface area contributed by atoms with Gasteiger partial charge in [0.15, 0.2) is 17.3 Å². The van der Waals surface area contributed by atoms with Gasteiger partial charge in [0.25, 0.3) is 0 Å². The predicted octanol–water partition coefficient (Wildman–Crippen LogP) is 3.56. The van der Waals surface area contributed by atoms with E-state index in [1.165, 1.54) is 0 Å². The number of amides is 1. The van der Waals surface area contributed by atoms with Crippen molar-refractivity contribution in [1.29, 1.82) is 0 Å². The molecule has 3 aromatic rings. The third-order valence-corrected chi connectivity index (χ3v) is 6.73. The number of hydrogen-bond donors (Lipinski definition) is 1. The van der Waals surface area contributed by atoms with Crippen LogP contribution in [0.15, 0.2) is 36.5 Å². The Morgan fingerprint density at radius 2 is 1.70 bits per heavy atom. The fourth-order valence-electron chi connectivity index (χ4n) is 4.65. The molecule has 0 saturated carbocycles. The zero-order valence-corrected chi connectivity index (χ0v) is 18.9. The number of ether oxygens (including phenoxy) is 2. The largest absolute Gasteiger partial charge is 0.486 e. The van der Waals surface area contributed by atoms with Gasteiger partial charge >= 0.3 is 0 Å². The number of aryl methyl sites for hydroxylation is 2. The Morgan fingerprint density at radius 1 is 1.00 bits per heavy atom. The van der Waals surface area contributed by atoms with E-state index >= 15 is 0 Å². The molecule has 1 saturated heterocycles. The summed E-state index contributed by atoms with van der Waals surface area (Å²) in [4.78, 5) is 32.2. The number of piperidine rings is 1. The fourth-order valence-corrected chi connectivity index (χ4v) is 4.65. The van der Waals surface area contributed by atoms with Gasteiger partial charge in [-0.15, -0.1) is 0 Å². The summed E-state index contributed by atoms with van der Waals surface area (Å²) in [7, 11) is 0. The summed E-state index contributed by atoms with van der Waals surface area (Å²) in [6.45, 7) is 6.27. The van der Waals surface area contributed by atoms with Crippen LogP contribution in [0.3, 0.4) is 0 Å². The molecule has 0 bridgehead atoms. The van der Waals surface area contributed by atoms with E-state index in [4.69, 9.17) is 15.2 Å². The first-order chi connectivity index (χ1) is 15.9. The molecule has 7 nitrogen and oxygen atoms in total. The average molecular weight is 446 g/mol. The lowest BCUT2D eigenvalue weighted by atomic mass is 9.93. The van der Waals surface area contributed by atoms with Gasteiger partial charge < -0.3 is 20.1 Å². The van der Waals surface area contributed by atoms with Crippen molar-refractivity contribution in [3.63, 3.8) is 0 Å². The van der Waals surface area contributed by atoms with Crippen LogP contribution in [0.4, 0.5) is 5.69 Å². The summed E-state index contributed by atoms with van der Waals surface area (Å²) in [5, 5.41) is 0.839. The molecule has 1 aromatic heterocycles. The molecule has 0 aliphatic carbocycles. The van der Waals surface area contributed by atoms with Gasteiger partial charge in [0.1, 0.15) is 13.2 Å². The summed E-state index contributed by atoms with van der Waals surface area (Å²) in [6.07, 6.45) is 2.97. The van der Waals surface area contributed by atoms with Gasteiger partial charge in [-0.2, -0.15) is 0 Å². The Labute approximate surface area is 192 Å². The molecule has 7 heteroatoms. The van der Waals surface area contributed by atoms with Gasteiger partial charge in [-0.25, -0.2) is 0 Å². The van der Waals surface area contributed by atoms with E-state index in [0.29, 0.717) is 61.8 Å². The average Bonchev–Trinajstić information content (AvgIpc) is 2.83.